The summed E-state index contributed by atoms with van der Waals surface area (Å²) >= 11 is 0. The van der Waals surface area contributed by atoms with Crippen LogP contribution in [0.3, 0.4) is 0 Å². The molecule has 2 aliphatic rings. The number of nitrogens with one attached hydrogen (secondary N) is 2. The third kappa shape index (κ3) is 4.73. The minimum absolute atomic E-state index is 0.0676. The van der Waals surface area contributed by atoms with Crippen LogP contribution in [0.5, 0.6) is 5.88 Å². The molecule has 1 saturated carbocycles. The first-order valence-corrected chi connectivity index (χ1v) is 12.2. The van der Waals surface area contributed by atoms with Crippen molar-refractivity contribution < 1.29 is 38.7 Å². The van der Waals surface area contributed by atoms with Crippen molar-refractivity contribution in [1.29, 1.82) is 0 Å². The number of fused-ring (bicyclic) bond motifs is 1. The summed E-state index contributed by atoms with van der Waals surface area (Å²) in [6, 6.07) is -1.22. The third-order valence-corrected chi connectivity index (χ3v) is 7.64. The number of aliphatic hydroxyl groups is 2. The number of nitrogen functional groups attached to an aromatic ring is 1. The third-order valence-electron chi connectivity index (χ3n) is 5.69. The highest BCUT2D eigenvalue weighted by atomic mass is 31.2. The van der Waals surface area contributed by atoms with Crippen LogP contribution in [0, 0.1) is 0 Å². The summed E-state index contributed by atoms with van der Waals surface area (Å²) in [7, 11) is -2.41. The van der Waals surface area contributed by atoms with E-state index in [1.165, 1.54) is 31.9 Å². The number of nitrogens with zero attached hydrogens (tertiary/aromatic N) is 4. The van der Waals surface area contributed by atoms with Crippen LogP contribution in [0.2, 0.25) is 0 Å². The number of ether oxygens (including phenoxy) is 2. The smallest absolute Gasteiger partial charge is 0.341 e. The van der Waals surface area contributed by atoms with Gasteiger partial charge in [-0.25, -0.2) is 15.2 Å². The number of hydrogen-bond donors (Lipinski definition) is 6. The second-order valence-electron chi connectivity index (χ2n) is 8.55. The number of aliphatic hydroxyl groups excluding tert-OH is 1. The molecule has 0 amide bonds. The molecule has 1 saturated heterocycles. The van der Waals surface area contributed by atoms with E-state index in [1.807, 2.05) is 0 Å². The number of methoxy groups -OCH3 is 1. The molecule has 7 N–H and O–H groups in total. The summed E-state index contributed by atoms with van der Waals surface area (Å²) in [6.07, 6.45) is -0.846. The van der Waals surface area contributed by atoms with Crippen molar-refractivity contribution in [3.63, 3.8) is 0 Å². The van der Waals surface area contributed by atoms with E-state index < -0.39 is 50.3 Å². The molecule has 2 fully saturated rings. The molecule has 0 bridgehead atoms. The van der Waals surface area contributed by atoms with Gasteiger partial charge < -0.3 is 35.1 Å². The van der Waals surface area contributed by atoms with Gasteiger partial charge in [0.25, 0.3) is 0 Å². The Balaban J connectivity index is 1.55. The molecule has 15 nitrogen and oxygen atoms in total. The lowest BCUT2D eigenvalue weighted by molar-refractivity contribution is -0.138. The molecule has 6 atom stereocenters. The molecule has 34 heavy (non-hydrogen) atoms. The van der Waals surface area contributed by atoms with Gasteiger partial charge >= 0.3 is 13.6 Å². The Bertz CT molecular complexity index is 1120. The summed E-state index contributed by atoms with van der Waals surface area (Å²) in [6.45, 7) is 2.29. The van der Waals surface area contributed by atoms with Crippen molar-refractivity contribution in [2.45, 2.75) is 62.8 Å². The molecule has 188 valence electrons. The number of aliphatic carboxylic acids is 1. The van der Waals surface area contributed by atoms with E-state index in [9.17, 15) is 19.6 Å². The van der Waals surface area contributed by atoms with Crippen molar-refractivity contribution in [3.8, 4) is 5.88 Å². The maximum Gasteiger partial charge on any atom is 0.341 e. The van der Waals surface area contributed by atoms with Gasteiger partial charge in [-0.15, -0.1) is 0 Å². The zero-order valence-corrected chi connectivity index (χ0v) is 19.7. The molecular formula is C18H28N7O8P. The van der Waals surface area contributed by atoms with Gasteiger partial charge in [0.2, 0.25) is 11.8 Å². The van der Waals surface area contributed by atoms with E-state index in [0.717, 1.165) is 12.8 Å². The Morgan fingerprint density at radius 2 is 2.18 bits per heavy atom. The number of aromatic nitrogens is 4. The van der Waals surface area contributed by atoms with Crippen LogP contribution in [-0.2, 0) is 18.6 Å². The van der Waals surface area contributed by atoms with Gasteiger partial charge in [-0.2, -0.15) is 9.97 Å². The molecule has 2 aromatic heterocycles. The monoisotopic (exact) mass is 501 g/mol. The molecule has 1 aliphatic heterocycles. The van der Waals surface area contributed by atoms with E-state index in [0.29, 0.717) is 0 Å². The van der Waals surface area contributed by atoms with Crippen molar-refractivity contribution in [2.24, 2.45) is 0 Å². The zero-order valence-electron chi connectivity index (χ0n) is 18.8. The van der Waals surface area contributed by atoms with Crippen LogP contribution < -0.4 is 20.6 Å². The van der Waals surface area contributed by atoms with E-state index in [4.69, 9.17) is 24.8 Å². The molecule has 0 spiro atoms. The molecular weight excluding hydrogens is 473 g/mol. The van der Waals surface area contributed by atoms with Crippen LogP contribution in [-0.4, -0.2) is 84.4 Å². The molecule has 3 heterocycles. The number of anilines is 1. The number of nitrogens with two attached hydrogens (primary N) is 1. The average Bonchev–Trinajstić information content (AvgIpc) is 3.42. The van der Waals surface area contributed by atoms with E-state index in [2.05, 4.69) is 25.1 Å². The van der Waals surface area contributed by atoms with Crippen LogP contribution in [0.25, 0.3) is 11.2 Å². The Morgan fingerprint density at radius 1 is 1.47 bits per heavy atom. The largest absolute Gasteiger partial charge is 0.480 e. The summed E-state index contributed by atoms with van der Waals surface area (Å²) < 4.78 is 31.2. The van der Waals surface area contributed by atoms with Crippen LogP contribution in [0.4, 0.5) is 5.95 Å². The Hall–Kier alpha value is -2.39. The fraction of sp³-hybridized carbons (Fsp3) is 0.667. The average molecular weight is 501 g/mol. The van der Waals surface area contributed by atoms with Crippen molar-refractivity contribution >= 4 is 30.8 Å². The second-order valence-corrected chi connectivity index (χ2v) is 10.4. The summed E-state index contributed by atoms with van der Waals surface area (Å²) in [5.41, 5.74) is 4.40. The summed E-state index contributed by atoms with van der Waals surface area (Å²) in [5.74, 6) is -1.16. The summed E-state index contributed by atoms with van der Waals surface area (Å²) in [5, 5.41) is 36.3. The normalized spacial score (nSPS) is 29.7. The van der Waals surface area contributed by atoms with Crippen molar-refractivity contribution in [1.82, 2.24) is 29.7 Å². The predicted octanol–water partition coefficient (Wildman–Crippen LogP) is -0.634. The lowest BCUT2D eigenvalue weighted by Gasteiger charge is -2.27. The highest BCUT2D eigenvalue weighted by Crippen LogP contribution is 2.45. The molecule has 0 aromatic carbocycles. The minimum Gasteiger partial charge on any atom is -0.480 e. The van der Waals surface area contributed by atoms with Gasteiger partial charge in [-0.1, -0.05) is 0 Å². The SMILES string of the molecule is COc1nc(N)nc2c1ncn2[C@@H]1O[C@H](COP(=O)(NC2CC2)NC(C)C(=O)O)[C@@H](O)[C@@]1(C)O. The number of carboxylic acids is 1. The van der Waals surface area contributed by atoms with E-state index >= 15 is 0 Å². The Labute approximate surface area is 194 Å². The topological polar surface area (TPSA) is 216 Å². The molecule has 2 unspecified atom stereocenters. The van der Waals surface area contributed by atoms with Gasteiger partial charge in [0.15, 0.2) is 17.4 Å². The fourth-order valence-corrected chi connectivity index (χ4v) is 5.59. The van der Waals surface area contributed by atoms with Crippen LogP contribution in [0.1, 0.15) is 32.9 Å². The van der Waals surface area contributed by atoms with Gasteiger partial charge in [0.1, 0.15) is 23.9 Å². The van der Waals surface area contributed by atoms with Gasteiger partial charge in [0, 0.05) is 6.04 Å². The number of carbonyl (C=O) groups is 1. The number of imidazole rings is 1. The Kier molecular flexibility index (Phi) is 6.54. The van der Waals surface area contributed by atoms with Crippen LogP contribution >= 0.6 is 7.67 Å². The van der Waals surface area contributed by atoms with E-state index in [-0.39, 0.29) is 29.0 Å². The molecule has 1 aliphatic carbocycles. The molecule has 0 radical (unpaired) electrons. The first-order valence-electron chi connectivity index (χ1n) is 10.6. The zero-order chi connectivity index (χ0) is 24.8. The van der Waals surface area contributed by atoms with Crippen molar-refractivity contribution in [2.75, 3.05) is 19.5 Å². The standard InChI is InChI=1S/C18H28N7O8P/c1-8(15(27)28)23-34(30,24-9-4-5-9)32-6-10-12(26)18(2,29)16(33-10)25-7-20-11-13(25)21-17(19)22-14(11)31-3/h7-10,12,16,26,29H,4-6H2,1-3H3,(H,27,28)(H2,19,21,22)(H2,23,24,30)/t8?,10-,12-,16-,18-,34?/m1/s1. The number of carboxylic acid groups (broad SMARTS) is 1. The minimum atomic E-state index is -3.81. The van der Waals surface area contributed by atoms with Crippen molar-refractivity contribution in [3.05, 3.63) is 6.33 Å². The lowest BCUT2D eigenvalue weighted by atomic mass is 9.96. The van der Waals surface area contributed by atoms with Gasteiger partial charge in [-0.05, 0) is 26.7 Å². The Morgan fingerprint density at radius 3 is 2.79 bits per heavy atom. The second kappa shape index (κ2) is 9.00. The van der Waals surface area contributed by atoms with Gasteiger partial charge in [-0.3, -0.25) is 13.9 Å². The van der Waals surface area contributed by atoms with Gasteiger partial charge in [0.05, 0.1) is 20.0 Å². The molecule has 16 heteroatoms. The fourth-order valence-electron chi connectivity index (χ4n) is 3.65. The maximum atomic E-state index is 13.2. The van der Waals surface area contributed by atoms with Crippen LogP contribution in [0.15, 0.2) is 6.33 Å². The summed E-state index contributed by atoms with van der Waals surface area (Å²) in [4.78, 5) is 23.5. The first kappa shape index (κ1) is 24.7. The lowest BCUT2D eigenvalue weighted by Crippen LogP contribution is -2.44. The highest BCUT2D eigenvalue weighted by Gasteiger charge is 2.54. The van der Waals surface area contributed by atoms with E-state index in [1.54, 1.807) is 0 Å². The highest BCUT2D eigenvalue weighted by molar-refractivity contribution is 7.54. The maximum absolute atomic E-state index is 13.2. The number of hydrogen-bond acceptors (Lipinski definition) is 11. The molecule has 2 aromatic rings. The first-order chi connectivity index (χ1) is 15.9. The quantitative estimate of drug-likeness (QED) is 0.223. The molecule has 4 rings (SSSR count). The number of rotatable bonds is 10. The predicted molar refractivity (Wildman–Crippen MR) is 117 cm³/mol.